The number of sulfonamides is 1. The summed E-state index contributed by atoms with van der Waals surface area (Å²) in [7, 11) is -4.25. The Morgan fingerprint density at radius 3 is 2.26 bits per heavy atom. The first kappa shape index (κ1) is 32.1. The Morgan fingerprint density at radius 2 is 1.67 bits per heavy atom. The van der Waals surface area contributed by atoms with Gasteiger partial charge >= 0.3 is 12.1 Å². The van der Waals surface area contributed by atoms with Crippen LogP contribution in [0.5, 0.6) is 0 Å². The second-order valence-electron chi connectivity index (χ2n) is 11.3. The standard InChI is InChI=1S/C31H36N4O6S/c1-19(2)16-23(33-30(38)41-31(5,6)7)14-15-24-18-26(27-20(3)10-8-11-21(27)4)34-29(32-24)35-42(39,40)25-13-9-12-22(17-25)28(36)37/h8-13,17-19,23H,16H2,1-7H3,(H,33,38)(H,36,37)(H,32,34,35)/t23-/m0/s1. The number of aromatic carboxylic acids is 1. The number of aryl methyl sites for hydroxylation is 2. The molecule has 0 fully saturated rings. The van der Waals surface area contributed by atoms with Crippen LogP contribution in [-0.2, 0) is 14.8 Å². The van der Waals surface area contributed by atoms with Gasteiger partial charge in [-0.05, 0) is 88.3 Å². The first-order valence-corrected chi connectivity index (χ1v) is 14.9. The van der Waals surface area contributed by atoms with E-state index in [0.29, 0.717) is 12.1 Å². The Kier molecular flexibility index (Phi) is 9.96. The van der Waals surface area contributed by atoms with E-state index in [2.05, 4.69) is 31.8 Å². The maximum absolute atomic E-state index is 13.2. The van der Waals surface area contributed by atoms with E-state index in [1.165, 1.54) is 18.2 Å². The molecule has 3 N–H and O–H groups in total. The molecule has 42 heavy (non-hydrogen) atoms. The normalized spacial score (nSPS) is 12.2. The van der Waals surface area contributed by atoms with Crippen LogP contribution in [0.2, 0.25) is 0 Å². The second kappa shape index (κ2) is 13.0. The van der Waals surface area contributed by atoms with Gasteiger partial charge in [0.05, 0.1) is 22.2 Å². The van der Waals surface area contributed by atoms with Crippen molar-refractivity contribution in [2.24, 2.45) is 5.92 Å². The number of hydrogen-bond acceptors (Lipinski definition) is 7. The zero-order valence-electron chi connectivity index (χ0n) is 24.8. The van der Waals surface area contributed by atoms with E-state index in [1.807, 2.05) is 45.9 Å². The minimum absolute atomic E-state index is 0.177. The monoisotopic (exact) mass is 592 g/mol. The average molecular weight is 593 g/mol. The third-order valence-corrected chi connectivity index (χ3v) is 7.18. The molecule has 0 saturated heterocycles. The third kappa shape index (κ3) is 9.04. The van der Waals surface area contributed by atoms with Gasteiger partial charge in [0, 0.05) is 5.56 Å². The van der Waals surface area contributed by atoms with Crippen molar-refractivity contribution in [1.82, 2.24) is 15.3 Å². The number of nitrogens with one attached hydrogen (secondary N) is 2. The molecule has 222 valence electrons. The molecule has 0 aliphatic heterocycles. The first-order valence-electron chi connectivity index (χ1n) is 13.4. The van der Waals surface area contributed by atoms with Crippen molar-refractivity contribution in [2.75, 3.05) is 4.72 Å². The number of hydrogen-bond donors (Lipinski definition) is 3. The Balaban J connectivity index is 2.08. The Hall–Kier alpha value is -4.43. The van der Waals surface area contributed by atoms with Crippen molar-refractivity contribution < 1.29 is 27.9 Å². The zero-order chi connectivity index (χ0) is 31.2. The van der Waals surface area contributed by atoms with Gasteiger partial charge in [0.2, 0.25) is 5.95 Å². The molecule has 10 nitrogen and oxygen atoms in total. The van der Waals surface area contributed by atoms with Gasteiger partial charge < -0.3 is 15.2 Å². The van der Waals surface area contributed by atoms with Gasteiger partial charge in [-0.15, -0.1) is 0 Å². The van der Waals surface area contributed by atoms with Crippen LogP contribution >= 0.6 is 0 Å². The Morgan fingerprint density at radius 1 is 1.02 bits per heavy atom. The predicted molar refractivity (Wildman–Crippen MR) is 161 cm³/mol. The first-order chi connectivity index (χ1) is 19.5. The van der Waals surface area contributed by atoms with Crippen molar-refractivity contribution >= 4 is 28.0 Å². The van der Waals surface area contributed by atoms with Crippen molar-refractivity contribution in [3.63, 3.8) is 0 Å². The van der Waals surface area contributed by atoms with Crippen LogP contribution in [0.4, 0.5) is 10.7 Å². The number of aromatic nitrogens is 2. The smallest absolute Gasteiger partial charge is 0.408 e. The average Bonchev–Trinajstić information content (AvgIpc) is 2.85. The number of amides is 1. The van der Waals surface area contributed by atoms with Crippen LogP contribution in [0, 0.1) is 31.6 Å². The summed E-state index contributed by atoms with van der Waals surface area (Å²) in [6.45, 7) is 13.1. The highest BCUT2D eigenvalue weighted by atomic mass is 32.2. The van der Waals surface area contributed by atoms with Crippen molar-refractivity contribution in [1.29, 1.82) is 0 Å². The molecule has 1 aromatic heterocycles. The molecule has 1 amide bonds. The van der Waals surface area contributed by atoms with Crippen molar-refractivity contribution in [2.45, 2.75) is 71.4 Å². The van der Waals surface area contributed by atoms with Gasteiger partial charge in [0.15, 0.2) is 0 Å². The fourth-order valence-electron chi connectivity index (χ4n) is 4.12. The number of ether oxygens (including phenoxy) is 1. The van der Waals surface area contributed by atoms with Crippen molar-refractivity contribution in [3.8, 4) is 23.1 Å². The number of benzene rings is 2. The van der Waals surface area contributed by atoms with Crippen LogP contribution in [0.1, 0.15) is 68.2 Å². The molecular weight excluding hydrogens is 556 g/mol. The quantitative estimate of drug-likeness (QED) is 0.289. The number of carboxylic acid groups (broad SMARTS) is 1. The van der Waals surface area contributed by atoms with E-state index in [-0.39, 0.29) is 28.0 Å². The lowest BCUT2D eigenvalue weighted by molar-refractivity contribution is 0.0511. The summed E-state index contributed by atoms with van der Waals surface area (Å²) in [6, 6.07) is 11.8. The van der Waals surface area contributed by atoms with E-state index in [1.54, 1.807) is 26.8 Å². The predicted octanol–water partition coefficient (Wildman–Crippen LogP) is 5.55. The molecular formula is C31H36N4O6S. The maximum atomic E-state index is 13.2. The second-order valence-corrected chi connectivity index (χ2v) is 12.9. The van der Waals surface area contributed by atoms with Gasteiger partial charge in [0.25, 0.3) is 10.0 Å². The van der Waals surface area contributed by atoms with Gasteiger partial charge in [-0.2, -0.15) is 0 Å². The summed E-state index contributed by atoms with van der Waals surface area (Å²) in [5.74, 6) is 4.73. The molecule has 0 unspecified atom stereocenters. The van der Waals surface area contributed by atoms with Gasteiger partial charge in [-0.1, -0.05) is 44.0 Å². The van der Waals surface area contributed by atoms with E-state index in [0.717, 1.165) is 22.8 Å². The molecule has 3 rings (SSSR count). The van der Waals surface area contributed by atoms with Crippen molar-refractivity contribution in [3.05, 3.63) is 70.9 Å². The molecule has 0 aliphatic rings. The van der Waals surface area contributed by atoms with E-state index in [4.69, 9.17) is 4.74 Å². The Labute approximate surface area is 247 Å². The lowest BCUT2D eigenvalue weighted by Crippen LogP contribution is -2.39. The molecule has 0 saturated carbocycles. The number of rotatable bonds is 8. The Bertz CT molecular complexity index is 1630. The van der Waals surface area contributed by atoms with Crippen LogP contribution in [-0.4, -0.2) is 47.2 Å². The number of carboxylic acids is 1. The molecule has 0 radical (unpaired) electrons. The number of nitrogens with zero attached hydrogens (tertiary/aromatic N) is 2. The molecule has 0 aliphatic carbocycles. The summed E-state index contributed by atoms with van der Waals surface area (Å²) in [5, 5.41) is 12.1. The molecule has 2 aromatic carbocycles. The highest BCUT2D eigenvalue weighted by molar-refractivity contribution is 7.92. The summed E-state index contributed by atoms with van der Waals surface area (Å²) < 4.78 is 34.2. The molecule has 11 heteroatoms. The fourth-order valence-corrected chi connectivity index (χ4v) is 5.10. The maximum Gasteiger partial charge on any atom is 0.408 e. The lowest BCUT2D eigenvalue weighted by atomic mass is 9.99. The minimum Gasteiger partial charge on any atom is -0.478 e. The van der Waals surface area contributed by atoms with Crippen LogP contribution in [0.15, 0.2) is 53.4 Å². The fraction of sp³-hybridized carbons (Fsp3) is 0.355. The number of carbonyl (C=O) groups is 2. The summed E-state index contributed by atoms with van der Waals surface area (Å²) in [4.78, 5) is 32.4. The third-order valence-electron chi connectivity index (χ3n) is 5.85. The summed E-state index contributed by atoms with van der Waals surface area (Å²) >= 11 is 0. The lowest BCUT2D eigenvalue weighted by Gasteiger charge is -2.22. The number of alkyl carbamates (subject to hydrolysis) is 1. The zero-order valence-corrected chi connectivity index (χ0v) is 25.6. The number of anilines is 1. The summed E-state index contributed by atoms with van der Waals surface area (Å²) in [6.07, 6.45) is -0.0565. The minimum atomic E-state index is -4.25. The largest absolute Gasteiger partial charge is 0.478 e. The van der Waals surface area contributed by atoms with E-state index in [9.17, 15) is 23.1 Å². The van der Waals surface area contributed by atoms with Crippen LogP contribution < -0.4 is 10.0 Å². The van der Waals surface area contributed by atoms with Gasteiger partial charge in [-0.25, -0.2) is 32.7 Å². The number of carbonyl (C=O) groups excluding carboxylic acids is 1. The van der Waals surface area contributed by atoms with Crippen LogP contribution in [0.25, 0.3) is 11.3 Å². The van der Waals surface area contributed by atoms with Gasteiger partial charge in [0.1, 0.15) is 11.3 Å². The SMILES string of the molecule is Cc1cccc(C)c1-c1cc(C#C[C@@H](CC(C)C)NC(=O)OC(C)(C)C)nc(NS(=O)(=O)c2cccc(C(=O)O)c2)n1. The molecule has 1 atom stereocenters. The summed E-state index contributed by atoms with van der Waals surface area (Å²) in [5.41, 5.74) is 2.44. The molecule has 1 heterocycles. The molecule has 0 spiro atoms. The van der Waals surface area contributed by atoms with E-state index >= 15 is 0 Å². The highest BCUT2D eigenvalue weighted by Crippen LogP contribution is 2.27. The van der Waals surface area contributed by atoms with Crippen LogP contribution in [0.3, 0.4) is 0 Å². The topological polar surface area (TPSA) is 148 Å². The van der Waals surface area contributed by atoms with E-state index < -0.39 is 33.7 Å². The highest BCUT2D eigenvalue weighted by Gasteiger charge is 2.21. The molecule has 3 aromatic rings. The van der Waals surface area contributed by atoms with Gasteiger partial charge in [-0.3, -0.25) is 0 Å². The molecule has 0 bridgehead atoms.